The SMILES string of the molecule is CC(C)c1csc(NC(=O)CNCC2CC2)n1.Cl. The fourth-order valence-corrected chi connectivity index (χ4v) is 2.37. The lowest BCUT2D eigenvalue weighted by Gasteiger charge is -2.03. The molecule has 1 amide bonds. The summed E-state index contributed by atoms with van der Waals surface area (Å²) in [5, 5.41) is 8.68. The molecule has 1 aliphatic carbocycles. The standard InChI is InChI=1S/C12H19N3OS.ClH/c1-8(2)10-7-17-12(14-10)15-11(16)6-13-5-9-3-4-9;/h7-9,13H,3-6H2,1-2H3,(H,14,15,16);1H. The molecule has 1 aromatic rings. The molecule has 1 fully saturated rings. The molecule has 4 nitrogen and oxygen atoms in total. The van der Waals surface area contributed by atoms with Crippen molar-refractivity contribution in [3.63, 3.8) is 0 Å². The second kappa shape index (κ2) is 7.07. The third-order valence-corrected chi connectivity index (χ3v) is 3.55. The van der Waals surface area contributed by atoms with E-state index in [4.69, 9.17) is 0 Å². The summed E-state index contributed by atoms with van der Waals surface area (Å²) in [4.78, 5) is 16.0. The number of halogens is 1. The number of anilines is 1. The minimum Gasteiger partial charge on any atom is -0.308 e. The molecule has 0 aliphatic heterocycles. The van der Waals surface area contributed by atoms with E-state index in [0.717, 1.165) is 18.2 Å². The molecule has 2 rings (SSSR count). The number of nitrogens with one attached hydrogen (secondary N) is 2. The van der Waals surface area contributed by atoms with Crippen LogP contribution in [0.2, 0.25) is 0 Å². The lowest BCUT2D eigenvalue weighted by molar-refractivity contribution is -0.115. The lowest BCUT2D eigenvalue weighted by atomic mass is 10.2. The van der Waals surface area contributed by atoms with Gasteiger partial charge < -0.3 is 10.6 Å². The first-order valence-corrected chi connectivity index (χ1v) is 6.99. The van der Waals surface area contributed by atoms with Crippen LogP contribution in [0.25, 0.3) is 0 Å². The molecule has 0 bridgehead atoms. The molecular formula is C12H20ClN3OS. The Morgan fingerprint density at radius 1 is 1.56 bits per heavy atom. The van der Waals surface area contributed by atoms with Crippen molar-refractivity contribution >= 4 is 34.8 Å². The highest BCUT2D eigenvalue weighted by Gasteiger charge is 2.20. The fourth-order valence-electron chi connectivity index (χ4n) is 1.48. The van der Waals surface area contributed by atoms with Crippen LogP contribution in [0.5, 0.6) is 0 Å². The highest BCUT2D eigenvalue weighted by atomic mass is 35.5. The third-order valence-electron chi connectivity index (χ3n) is 2.78. The first-order chi connectivity index (χ1) is 8.15. The van der Waals surface area contributed by atoms with Gasteiger partial charge in [-0.3, -0.25) is 4.79 Å². The Kier molecular flexibility index (Phi) is 6.05. The summed E-state index contributed by atoms with van der Waals surface area (Å²) in [6.07, 6.45) is 2.61. The van der Waals surface area contributed by atoms with Gasteiger partial charge in [-0.25, -0.2) is 4.98 Å². The van der Waals surface area contributed by atoms with Crippen LogP contribution in [0.3, 0.4) is 0 Å². The van der Waals surface area contributed by atoms with Crippen LogP contribution >= 0.6 is 23.7 Å². The van der Waals surface area contributed by atoms with Gasteiger partial charge >= 0.3 is 0 Å². The Morgan fingerprint density at radius 2 is 2.28 bits per heavy atom. The third kappa shape index (κ3) is 4.92. The van der Waals surface area contributed by atoms with E-state index in [-0.39, 0.29) is 18.3 Å². The van der Waals surface area contributed by atoms with Gasteiger partial charge in [0.1, 0.15) is 0 Å². The minimum atomic E-state index is -0.00435. The number of aromatic nitrogens is 1. The van der Waals surface area contributed by atoms with Crippen molar-refractivity contribution in [3.05, 3.63) is 11.1 Å². The molecule has 1 saturated carbocycles. The predicted octanol–water partition coefficient (Wildman–Crippen LogP) is 2.63. The first-order valence-electron chi connectivity index (χ1n) is 6.11. The number of rotatable bonds is 6. The smallest absolute Gasteiger partial charge is 0.240 e. The zero-order valence-electron chi connectivity index (χ0n) is 10.7. The van der Waals surface area contributed by atoms with Crippen molar-refractivity contribution in [2.45, 2.75) is 32.6 Å². The van der Waals surface area contributed by atoms with E-state index in [1.54, 1.807) is 0 Å². The van der Waals surface area contributed by atoms with Gasteiger partial charge in [0.2, 0.25) is 5.91 Å². The molecule has 6 heteroatoms. The van der Waals surface area contributed by atoms with Crippen molar-refractivity contribution in [2.75, 3.05) is 18.4 Å². The van der Waals surface area contributed by atoms with Gasteiger partial charge in [-0.1, -0.05) is 13.8 Å². The molecule has 1 aliphatic rings. The van der Waals surface area contributed by atoms with Crippen LogP contribution in [0.15, 0.2) is 5.38 Å². The Labute approximate surface area is 118 Å². The van der Waals surface area contributed by atoms with E-state index < -0.39 is 0 Å². The minimum absolute atomic E-state index is 0. The molecule has 0 saturated heterocycles. The number of thiazole rings is 1. The van der Waals surface area contributed by atoms with Gasteiger partial charge in [-0.05, 0) is 31.2 Å². The molecule has 0 unspecified atom stereocenters. The molecule has 0 aromatic carbocycles. The van der Waals surface area contributed by atoms with Gasteiger partial charge in [-0.15, -0.1) is 23.7 Å². The van der Waals surface area contributed by atoms with Crippen LogP contribution in [0, 0.1) is 5.92 Å². The van der Waals surface area contributed by atoms with Crippen molar-refractivity contribution in [1.82, 2.24) is 10.3 Å². The lowest BCUT2D eigenvalue weighted by Crippen LogP contribution is -2.29. The van der Waals surface area contributed by atoms with Crippen LogP contribution in [-0.4, -0.2) is 24.0 Å². The van der Waals surface area contributed by atoms with Gasteiger partial charge in [0.15, 0.2) is 5.13 Å². The van der Waals surface area contributed by atoms with E-state index in [1.807, 2.05) is 5.38 Å². The first kappa shape index (κ1) is 15.4. The largest absolute Gasteiger partial charge is 0.308 e. The van der Waals surface area contributed by atoms with E-state index in [2.05, 4.69) is 29.5 Å². The normalized spacial score (nSPS) is 14.4. The Hall–Kier alpha value is -0.650. The molecule has 1 aromatic heterocycles. The van der Waals surface area contributed by atoms with Crippen molar-refractivity contribution in [2.24, 2.45) is 5.92 Å². The van der Waals surface area contributed by atoms with E-state index in [0.29, 0.717) is 17.6 Å². The number of amides is 1. The van der Waals surface area contributed by atoms with Gasteiger partial charge in [0.05, 0.1) is 12.2 Å². The van der Waals surface area contributed by atoms with E-state index in [1.165, 1.54) is 24.2 Å². The van der Waals surface area contributed by atoms with Crippen LogP contribution in [-0.2, 0) is 4.79 Å². The Bertz CT molecular complexity index is 390. The molecule has 18 heavy (non-hydrogen) atoms. The number of carbonyl (C=O) groups is 1. The summed E-state index contributed by atoms with van der Waals surface area (Å²) in [5.74, 6) is 1.20. The van der Waals surface area contributed by atoms with Crippen LogP contribution in [0.1, 0.15) is 38.3 Å². The fraction of sp³-hybridized carbons (Fsp3) is 0.667. The summed E-state index contributed by atoms with van der Waals surface area (Å²) in [6.45, 7) is 5.53. The quantitative estimate of drug-likeness (QED) is 0.846. The molecule has 1 heterocycles. The van der Waals surface area contributed by atoms with Crippen molar-refractivity contribution in [3.8, 4) is 0 Å². The number of nitrogens with zero attached hydrogens (tertiary/aromatic N) is 1. The predicted molar refractivity (Wildman–Crippen MR) is 77.7 cm³/mol. The summed E-state index contributed by atoms with van der Waals surface area (Å²) in [5.41, 5.74) is 1.04. The monoisotopic (exact) mass is 289 g/mol. The van der Waals surface area contributed by atoms with Gasteiger partial charge in [-0.2, -0.15) is 0 Å². The maximum atomic E-state index is 11.6. The Balaban J connectivity index is 0.00000162. The van der Waals surface area contributed by atoms with Gasteiger partial charge in [0.25, 0.3) is 0 Å². The summed E-state index contributed by atoms with van der Waals surface area (Å²) in [6, 6.07) is 0. The molecule has 0 spiro atoms. The average Bonchev–Trinajstić information content (AvgIpc) is 2.96. The molecular weight excluding hydrogens is 270 g/mol. The topological polar surface area (TPSA) is 54.0 Å². The maximum Gasteiger partial charge on any atom is 0.240 e. The summed E-state index contributed by atoms with van der Waals surface area (Å²) in [7, 11) is 0. The second-order valence-electron chi connectivity index (χ2n) is 4.85. The summed E-state index contributed by atoms with van der Waals surface area (Å²) < 4.78 is 0. The zero-order valence-corrected chi connectivity index (χ0v) is 12.4. The Morgan fingerprint density at radius 3 is 2.83 bits per heavy atom. The highest BCUT2D eigenvalue weighted by molar-refractivity contribution is 7.13. The van der Waals surface area contributed by atoms with Crippen molar-refractivity contribution in [1.29, 1.82) is 0 Å². The maximum absolute atomic E-state index is 11.6. The van der Waals surface area contributed by atoms with Gasteiger partial charge in [0, 0.05) is 5.38 Å². The number of hydrogen-bond donors (Lipinski definition) is 2. The van der Waals surface area contributed by atoms with Crippen LogP contribution in [0.4, 0.5) is 5.13 Å². The van der Waals surface area contributed by atoms with E-state index >= 15 is 0 Å². The zero-order chi connectivity index (χ0) is 12.3. The molecule has 0 radical (unpaired) electrons. The molecule has 102 valence electrons. The summed E-state index contributed by atoms with van der Waals surface area (Å²) >= 11 is 1.49. The second-order valence-corrected chi connectivity index (χ2v) is 5.71. The number of carbonyl (C=O) groups excluding carboxylic acids is 1. The van der Waals surface area contributed by atoms with E-state index in [9.17, 15) is 4.79 Å². The highest BCUT2D eigenvalue weighted by Crippen LogP contribution is 2.27. The van der Waals surface area contributed by atoms with Crippen molar-refractivity contribution < 1.29 is 4.79 Å². The average molecular weight is 290 g/mol. The molecule has 2 N–H and O–H groups in total. The number of hydrogen-bond acceptors (Lipinski definition) is 4. The van der Waals surface area contributed by atoms with Crippen LogP contribution < -0.4 is 10.6 Å². The molecule has 0 atom stereocenters.